The topological polar surface area (TPSA) is 60.8 Å². The number of thiazole rings is 1. The minimum atomic E-state index is -2.63. The number of aryl methyl sites for hydroxylation is 1. The second kappa shape index (κ2) is 12.9. The van der Waals surface area contributed by atoms with Crippen molar-refractivity contribution >= 4 is 30.0 Å². The smallest absolute Gasteiger partial charge is 0.261 e. The summed E-state index contributed by atoms with van der Waals surface area (Å²) in [5, 5.41) is 13.0. The summed E-state index contributed by atoms with van der Waals surface area (Å²) in [5.74, 6) is 1.32. The van der Waals surface area contributed by atoms with Crippen molar-refractivity contribution in [3.63, 3.8) is 0 Å². The molecule has 0 amide bonds. The highest BCUT2D eigenvalue weighted by molar-refractivity contribution is 7.15. The number of aromatic nitrogens is 1. The molecule has 0 atom stereocenters. The predicted octanol–water partition coefficient (Wildman–Crippen LogP) is 6.22. The number of nitrogens with zero attached hydrogens (tertiary/aromatic N) is 1. The molecule has 0 aliphatic rings. The third-order valence-corrected chi connectivity index (χ3v) is 13.1. The SMILES string of the molecule is CCCc1sc(-c2ccc(OC)c(OCCO[Si](c3ccccc3)(c3ccccc3)C(C)(C)C)c2)nc1CO. The van der Waals surface area contributed by atoms with E-state index in [1.807, 2.05) is 18.2 Å². The van der Waals surface area contributed by atoms with E-state index in [1.54, 1.807) is 18.4 Å². The number of hydrogen-bond donors (Lipinski definition) is 1. The van der Waals surface area contributed by atoms with Gasteiger partial charge in [0.25, 0.3) is 8.32 Å². The Bertz CT molecular complexity index is 1300. The molecule has 7 heteroatoms. The lowest BCUT2D eigenvalue weighted by molar-refractivity contribution is 0.203. The van der Waals surface area contributed by atoms with E-state index in [1.165, 1.54) is 10.4 Å². The largest absolute Gasteiger partial charge is 0.493 e. The molecule has 4 rings (SSSR count). The average molecular weight is 562 g/mol. The zero-order valence-corrected chi connectivity index (χ0v) is 25.4. The minimum Gasteiger partial charge on any atom is -0.493 e. The molecule has 0 saturated carbocycles. The van der Waals surface area contributed by atoms with Gasteiger partial charge in [0.15, 0.2) is 11.5 Å². The van der Waals surface area contributed by atoms with Gasteiger partial charge in [-0.05, 0) is 40.0 Å². The standard InChI is InChI=1S/C32H39NO4SSi/c1-6-13-30-27(23-34)33-31(38-30)24-18-19-28(35-5)29(22-24)36-20-21-37-39(32(2,3)4,25-14-9-7-10-15-25)26-16-11-8-12-17-26/h7-12,14-19,22,34H,6,13,20-21,23H2,1-5H3. The van der Waals surface area contributed by atoms with Gasteiger partial charge in [-0.25, -0.2) is 4.98 Å². The summed E-state index contributed by atoms with van der Waals surface area (Å²) >= 11 is 1.63. The summed E-state index contributed by atoms with van der Waals surface area (Å²) in [6, 6.07) is 27.1. The zero-order chi connectivity index (χ0) is 27.9. The molecule has 0 spiro atoms. The molecule has 5 nitrogen and oxygen atoms in total. The fourth-order valence-corrected chi connectivity index (χ4v) is 10.8. The first-order valence-electron chi connectivity index (χ1n) is 13.5. The number of aliphatic hydroxyl groups excluding tert-OH is 1. The number of hydrogen-bond acceptors (Lipinski definition) is 6. The molecule has 1 aromatic heterocycles. The molecule has 0 unspecified atom stereocenters. The predicted molar refractivity (Wildman–Crippen MR) is 163 cm³/mol. The summed E-state index contributed by atoms with van der Waals surface area (Å²) in [7, 11) is -0.986. The molecular weight excluding hydrogens is 523 g/mol. The highest BCUT2D eigenvalue weighted by Crippen LogP contribution is 2.38. The Morgan fingerprint density at radius 1 is 0.872 bits per heavy atom. The van der Waals surface area contributed by atoms with Crippen molar-refractivity contribution in [3.05, 3.63) is 89.4 Å². The molecule has 0 bridgehead atoms. The molecule has 0 aliphatic heterocycles. The number of methoxy groups -OCH3 is 1. The fraction of sp³-hybridized carbons (Fsp3) is 0.344. The summed E-state index contributed by atoms with van der Waals surface area (Å²) in [6.07, 6.45) is 1.92. The quantitative estimate of drug-likeness (QED) is 0.164. The molecule has 39 heavy (non-hydrogen) atoms. The molecule has 0 fully saturated rings. The van der Waals surface area contributed by atoms with Crippen molar-refractivity contribution < 1.29 is 19.0 Å². The summed E-state index contributed by atoms with van der Waals surface area (Å²) in [4.78, 5) is 5.82. The molecule has 1 heterocycles. The van der Waals surface area contributed by atoms with Crippen molar-refractivity contribution in [2.75, 3.05) is 20.3 Å². The van der Waals surface area contributed by atoms with Crippen LogP contribution < -0.4 is 19.8 Å². The molecule has 1 N–H and O–H groups in total. The maximum absolute atomic E-state index is 9.76. The maximum Gasteiger partial charge on any atom is 0.261 e. The van der Waals surface area contributed by atoms with Crippen LogP contribution in [0.25, 0.3) is 10.6 Å². The van der Waals surface area contributed by atoms with Gasteiger partial charge in [0, 0.05) is 10.4 Å². The lowest BCUT2D eigenvalue weighted by Gasteiger charge is -2.43. The lowest BCUT2D eigenvalue weighted by Crippen LogP contribution is -2.66. The second-order valence-corrected chi connectivity index (χ2v) is 15.9. The van der Waals surface area contributed by atoms with Crippen LogP contribution in [0.2, 0.25) is 5.04 Å². The lowest BCUT2D eigenvalue weighted by atomic mass is 10.2. The Hall–Kier alpha value is -2.97. The minimum absolute atomic E-state index is 0.0507. The van der Waals surface area contributed by atoms with E-state index >= 15 is 0 Å². The van der Waals surface area contributed by atoms with Crippen LogP contribution in [0, 0.1) is 0 Å². The van der Waals surface area contributed by atoms with Crippen LogP contribution >= 0.6 is 11.3 Å². The van der Waals surface area contributed by atoms with Gasteiger partial charge in [0.05, 0.1) is 26.0 Å². The molecule has 206 valence electrons. The first-order chi connectivity index (χ1) is 18.8. The van der Waals surface area contributed by atoms with Crippen molar-refractivity contribution in [2.24, 2.45) is 0 Å². The summed E-state index contributed by atoms with van der Waals surface area (Å²) in [5.41, 5.74) is 1.70. The van der Waals surface area contributed by atoms with E-state index in [9.17, 15) is 5.11 Å². The van der Waals surface area contributed by atoms with Gasteiger partial charge in [0.1, 0.15) is 11.6 Å². The highest BCUT2D eigenvalue weighted by atomic mass is 32.1. The van der Waals surface area contributed by atoms with Crippen LogP contribution in [0.15, 0.2) is 78.9 Å². The molecule has 0 radical (unpaired) electrons. The van der Waals surface area contributed by atoms with Gasteiger partial charge in [-0.15, -0.1) is 11.3 Å². The van der Waals surface area contributed by atoms with Crippen LogP contribution in [-0.2, 0) is 17.5 Å². The molecule has 4 aromatic rings. The average Bonchev–Trinajstić information content (AvgIpc) is 3.36. The Morgan fingerprint density at radius 2 is 1.51 bits per heavy atom. The van der Waals surface area contributed by atoms with Gasteiger partial charge < -0.3 is 19.0 Å². The van der Waals surface area contributed by atoms with Crippen LogP contribution in [0.5, 0.6) is 11.5 Å². The number of ether oxygens (including phenoxy) is 2. The monoisotopic (exact) mass is 561 g/mol. The Balaban J connectivity index is 1.58. The van der Waals surface area contributed by atoms with Gasteiger partial charge >= 0.3 is 0 Å². The number of benzene rings is 3. The van der Waals surface area contributed by atoms with Gasteiger partial charge in [-0.2, -0.15) is 0 Å². The van der Waals surface area contributed by atoms with E-state index in [4.69, 9.17) is 18.9 Å². The van der Waals surface area contributed by atoms with E-state index in [0.717, 1.165) is 34.0 Å². The number of aliphatic hydroxyl groups is 1. The van der Waals surface area contributed by atoms with Crippen LogP contribution in [-0.4, -0.2) is 38.7 Å². The highest BCUT2D eigenvalue weighted by Gasteiger charge is 2.50. The van der Waals surface area contributed by atoms with E-state index in [2.05, 4.69) is 88.4 Å². The second-order valence-electron chi connectivity index (χ2n) is 10.5. The Labute approximate surface area is 237 Å². The Morgan fingerprint density at radius 3 is 2.05 bits per heavy atom. The van der Waals surface area contributed by atoms with E-state index < -0.39 is 8.32 Å². The van der Waals surface area contributed by atoms with Gasteiger partial charge in [0.2, 0.25) is 0 Å². The zero-order valence-electron chi connectivity index (χ0n) is 23.6. The van der Waals surface area contributed by atoms with Crippen LogP contribution in [0.3, 0.4) is 0 Å². The van der Waals surface area contributed by atoms with E-state index in [0.29, 0.717) is 24.7 Å². The van der Waals surface area contributed by atoms with Crippen molar-refractivity contribution in [1.82, 2.24) is 4.98 Å². The summed E-state index contributed by atoms with van der Waals surface area (Å²) in [6.45, 7) is 9.72. The first-order valence-corrected chi connectivity index (χ1v) is 16.2. The van der Waals surface area contributed by atoms with Crippen LogP contribution in [0.1, 0.15) is 44.7 Å². The van der Waals surface area contributed by atoms with Crippen molar-refractivity contribution in [2.45, 2.75) is 52.2 Å². The van der Waals surface area contributed by atoms with Crippen LogP contribution in [0.4, 0.5) is 0 Å². The normalized spacial score (nSPS) is 11.9. The third-order valence-electron chi connectivity index (χ3n) is 6.89. The maximum atomic E-state index is 9.76. The summed E-state index contributed by atoms with van der Waals surface area (Å²) < 4.78 is 18.9. The van der Waals surface area contributed by atoms with Gasteiger partial charge in [-0.3, -0.25) is 0 Å². The van der Waals surface area contributed by atoms with Crippen molar-refractivity contribution in [1.29, 1.82) is 0 Å². The fourth-order valence-electron chi connectivity index (χ4n) is 5.08. The first kappa shape index (κ1) is 29.0. The van der Waals surface area contributed by atoms with E-state index in [-0.39, 0.29) is 11.6 Å². The molecule has 0 aliphatic carbocycles. The molecule has 3 aromatic carbocycles. The van der Waals surface area contributed by atoms with Crippen molar-refractivity contribution in [3.8, 4) is 22.1 Å². The third kappa shape index (κ3) is 6.28. The van der Waals surface area contributed by atoms with Gasteiger partial charge in [-0.1, -0.05) is 94.8 Å². The number of rotatable bonds is 12. The molecule has 0 saturated heterocycles. The Kier molecular flexibility index (Phi) is 9.61. The molecular formula is C32H39NO4SSi.